The molecular formula is C12H15NO6S. The summed E-state index contributed by atoms with van der Waals surface area (Å²) in [6.45, 7) is 0. The number of carboxylic acids is 1. The van der Waals surface area contributed by atoms with Gasteiger partial charge >= 0.3 is 11.9 Å². The first-order valence-electron chi connectivity index (χ1n) is 5.75. The third-order valence-corrected chi connectivity index (χ3v) is 3.53. The highest BCUT2D eigenvalue weighted by molar-refractivity contribution is 7.98. The average molecular weight is 301 g/mol. The maximum Gasteiger partial charge on any atom is 0.374 e. The molecule has 0 aliphatic heterocycles. The van der Waals surface area contributed by atoms with Crippen molar-refractivity contribution >= 4 is 30.1 Å². The number of carbonyl (C=O) groups is 3. The van der Waals surface area contributed by atoms with E-state index < -0.39 is 18.0 Å². The van der Waals surface area contributed by atoms with Gasteiger partial charge in [0.1, 0.15) is 6.04 Å². The third kappa shape index (κ3) is 4.61. The van der Waals surface area contributed by atoms with E-state index in [4.69, 9.17) is 9.52 Å². The topological polar surface area (TPSA) is 106 Å². The summed E-state index contributed by atoms with van der Waals surface area (Å²) in [5.74, 6) is -0.452. The van der Waals surface area contributed by atoms with Gasteiger partial charge in [-0.1, -0.05) is 0 Å². The summed E-state index contributed by atoms with van der Waals surface area (Å²) in [5.41, 5.74) is 0.692. The third-order valence-electron chi connectivity index (χ3n) is 2.49. The Balaban J connectivity index is 2.41. The Hall–Kier alpha value is -1.96. The molecule has 8 heteroatoms. The SMILES string of the molecule is COC(=O)c1occc1CSCCC(NC=O)C(=O)O. The van der Waals surface area contributed by atoms with Crippen LogP contribution in [0.25, 0.3) is 0 Å². The summed E-state index contributed by atoms with van der Waals surface area (Å²) in [5, 5.41) is 11.1. The molecule has 7 nitrogen and oxygen atoms in total. The lowest BCUT2D eigenvalue weighted by atomic mass is 10.2. The number of rotatable bonds is 9. The molecule has 0 fully saturated rings. The monoisotopic (exact) mass is 301 g/mol. The molecule has 0 saturated carbocycles. The minimum absolute atomic E-state index is 0.154. The van der Waals surface area contributed by atoms with Gasteiger partial charge in [0, 0.05) is 11.3 Å². The highest BCUT2D eigenvalue weighted by atomic mass is 32.2. The summed E-state index contributed by atoms with van der Waals surface area (Å²) >= 11 is 1.44. The van der Waals surface area contributed by atoms with Gasteiger partial charge in [0.25, 0.3) is 0 Å². The van der Waals surface area contributed by atoms with Crippen molar-refractivity contribution in [2.75, 3.05) is 12.9 Å². The summed E-state index contributed by atoms with van der Waals surface area (Å²) in [7, 11) is 1.27. The first-order valence-corrected chi connectivity index (χ1v) is 6.90. The van der Waals surface area contributed by atoms with E-state index in [9.17, 15) is 14.4 Å². The number of esters is 1. The van der Waals surface area contributed by atoms with Crippen LogP contribution in [0.2, 0.25) is 0 Å². The second-order valence-corrected chi connectivity index (χ2v) is 4.89. The van der Waals surface area contributed by atoms with E-state index in [2.05, 4.69) is 10.1 Å². The maximum atomic E-state index is 11.4. The van der Waals surface area contributed by atoms with Gasteiger partial charge in [-0.2, -0.15) is 11.8 Å². The van der Waals surface area contributed by atoms with E-state index in [-0.39, 0.29) is 5.76 Å². The van der Waals surface area contributed by atoms with E-state index in [1.165, 1.54) is 25.1 Å². The first kappa shape index (κ1) is 16.1. The van der Waals surface area contributed by atoms with Gasteiger partial charge < -0.3 is 19.6 Å². The van der Waals surface area contributed by atoms with Crippen molar-refractivity contribution in [3.05, 3.63) is 23.7 Å². The van der Waals surface area contributed by atoms with E-state index in [1.807, 2.05) is 0 Å². The minimum Gasteiger partial charge on any atom is -0.480 e. The van der Waals surface area contributed by atoms with E-state index in [0.29, 0.717) is 29.9 Å². The zero-order valence-corrected chi connectivity index (χ0v) is 11.6. The minimum atomic E-state index is -1.07. The molecule has 0 spiro atoms. The largest absolute Gasteiger partial charge is 0.480 e. The lowest BCUT2D eigenvalue weighted by molar-refractivity contribution is -0.140. The zero-order valence-electron chi connectivity index (χ0n) is 10.8. The number of amides is 1. The number of methoxy groups -OCH3 is 1. The summed E-state index contributed by atoms with van der Waals surface area (Å²) < 4.78 is 9.61. The molecule has 1 rings (SSSR count). The van der Waals surface area contributed by atoms with Crippen LogP contribution in [0.1, 0.15) is 22.5 Å². The molecule has 0 aromatic carbocycles. The number of hydrogen-bond donors (Lipinski definition) is 2. The number of nitrogens with one attached hydrogen (secondary N) is 1. The maximum absolute atomic E-state index is 11.4. The number of ether oxygens (including phenoxy) is 1. The molecule has 1 atom stereocenters. The van der Waals surface area contributed by atoms with Gasteiger partial charge in [-0.05, 0) is 18.2 Å². The Morgan fingerprint density at radius 2 is 2.35 bits per heavy atom. The second kappa shape index (κ2) is 8.26. The fourth-order valence-corrected chi connectivity index (χ4v) is 2.46. The molecule has 0 radical (unpaired) electrons. The molecule has 110 valence electrons. The normalized spacial score (nSPS) is 11.7. The molecule has 2 N–H and O–H groups in total. The Morgan fingerprint density at radius 1 is 1.60 bits per heavy atom. The van der Waals surface area contributed by atoms with Crippen LogP contribution in [0.5, 0.6) is 0 Å². The lowest BCUT2D eigenvalue weighted by Crippen LogP contribution is -2.36. The van der Waals surface area contributed by atoms with E-state index in [1.54, 1.807) is 6.07 Å². The van der Waals surface area contributed by atoms with Crippen LogP contribution in [0.15, 0.2) is 16.7 Å². The van der Waals surface area contributed by atoms with Crippen LogP contribution in [0.4, 0.5) is 0 Å². The lowest BCUT2D eigenvalue weighted by Gasteiger charge is -2.10. The molecule has 1 aromatic heterocycles. The molecule has 20 heavy (non-hydrogen) atoms. The Bertz CT molecular complexity index is 472. The summed E-state index contributed by atoms with van der Waals surface area (Å²) in [4.78, 5) is 32.4. The second-order valence-electron chi connectivity index (χ2n) is 3.78. The van der Waals surface area contributed by atoms with Crippen LogP contribution in [0, 0.1) is 0 Å². The van der Waals surface area contributed by atoms with Gasteiger partial charge in [0.2, 0.25) is 12.2 Å². The van der Waals surface area contributed by atoms with E-state index >= 15 is 0 Å². The van der Waals surface area contributed by atoms with Crippen LogP contribution in [-0.4, -0.2) is 42.4 Å². The van der Waals surface area contributed by atoms with Crippen molar-refractivity contribution in [2.45, 2.75) is 18.2 Å². The molecule has 0 saturated heterocycles. The zero-order chi connectivity index (χ0) is 15.0. The first-order chi connectivity index (χ1) is 9.60. The number of thioether (sulfide) groups is 1. The van der Waals surface area contributed by atoms with Crippen LogP contribution >= 0.6 is 11.8 Å². The predicted molar refractivity (Wildman–Crippen MR) is 71.5 cm³/mol. The predicted octanol–water partition coefficient (Wildman–Crippen LogP) is 0.889. The van der Waals surface area contributed by atoms with Crippen molar-refractivity contribution in [2.24, 2.45) is 0 Å². The quantitative estimate of drug-likeness (QED) is 0.396. The Kier molecular flexibility index (Phi) is 6.65. The van der Waals surface area contributed by atoms with Crippen molar-refractivity contribution in [3.63, 3.8) is 0 Å². The van der Waals surface area contributed by atoms with Gasteiger partial charge in [-0.15, -0.1) is 0 Å². The van der Waals surface area contributed by atoms with Gasteiger partial charge in [0.15, 0.2) is 0 Å². The number of aliphatic carboxylic acids is 1. The van der Waals surface area contributed by atoms with E-state index in [0.717, 1.165) is 0 Å². The van der Waals surface area contributed by atoms with Crippen LogP contribution < -0.4 is 5.32 Å². The van der Waals surface area contributed by atoms with Crippen LogP contribution in [0.3, 0.4) is 0 Å². The standard InChI is InChI=1S/C12H15NO6S/c1-18-12(17)10-8(2-4-19-10)6-20-5-3-9(11(15)16)13-7-14/h2,4,7,9H,3,5-6H2,1H3,(H,13,14)(H,15,16). The molecule has 1 aromatic rings. The van der Waals surface area contributed by atoms with Gasteiger partial charge in [-0.3, -0.25) is 4.79 Å². The highest BCUT2D eigenvalue weighted by Gasteiger charge is 2.17. The number of furan rings is 1. The van der Waals surface area contributed by atoms with Crippen molar-refractivity contribution in [1.29, 1.82) is 0 Å². The van der Waals surface area contributed by atoms with Gasteiger partial charge in [-0.25, -0.2) is 9.59 Å². The molecule has 1 unspecified atom stereocenters. The Labute approximate surface area is 119 Å². The number of carbonyl (C=O) groups excluding carboxylic acids is 2. The molecule has 0 aliphatic carbocycles. The molecule has 0 bridgehead atoms. The fraction of sp³-hybridized carbons (Fsp3) is 0.417. The van der Waals surface area contributed by atoms with Gasteiger partial charge in [0.05, 0.1) is 13.4 Å². The van der Waals surface area contributed by atoms with Crippen molar-refractivity contribution in [3.8, 4) is 0 Å². The fourth-order valence-electron chi connectivity index (χ4n) is 1.46. The van der Waals surface area contributed by atoms with Crippen molar-refractivity contribution in [1.82, 2.24) is 5.32 Å². The van der Waals surface area contributed by atoms with Crippen molar-refractivity contribution < 1.29 is 28.6 Å². The Morgan fingerprint density at radius 3 is 2.95 bits per heavy atom. The smallest absolute Gasteiger partial charge is 0.374 e. The molecule has 1 amide bonds. The number of carboxylic acid groups (broad SMARTS) is 1. The molecular weight excluding hydrogens is 286 g/mol. The highest BCUT2D eigenvalue weighted by Crippen LogP contribution is 2.19. The number of hydrogen-bond acceptors (Lipinski definition) is 6. The molecule has 0 aliphatic rings. The average Bonchev–Trinajstić information content (AvgIpc) is 2.89. The molecule has 1 heterocycles. The van der Waals surface area contributed by atoms with Crippen LogP contribution in [-0.2, 0) is 20.1 Å². The summed E-state index contributed by atoms with van der Waals surface area (Å²) in [6, 6.07) is 0.766. The summed E-state index contributed by atoms with van der Waals surface area (Å²) in [6.07, 6.45) is 2.06.